The van der Waals surface area contributed by atoms with E-state index in [0.29, 0.717) is 17.5 Å². The SMILES string of the molecule is CC(Sc1nncn1Cc1ccco1)C(=O)Nc1cccc(C(F)(F)F)c1. The van der Waals surface area contributed by atoms with Crippen molar-refractivity contribution >= 4 is 23.4 Å². The number of alkyl halides is 3. The maximum Gasteiger partial charge on any atom is 0.416 e. The van der Waals surface area contributed by atoms with Crippen molar-refractivity contribution in [1.29, 1.82) is 0 Å². The largest absolute Gasteiger partial charge is 0.467 e. The summed E-state index contributed by atoms with van der Waals surface area (Å²) in [5.41, 5.74) is -0.738. The molecule has 6 nitrogen and oxygen atoms in total. The van der Waals surface area contributed by atoms with Crippen molar-refractivity contribution in [3.05, 3.63) is 60.3 Å². The van der Waals surface area contributed by atoms with Crippen molar-refractivity contribution in [2.45, 2.75) is 30.1 Å². The number of carbonyl (C=O) groups excluding carboxylic acids is 1. The van der Waals surface area contributed by atoms with E-state index in [2.05, 4.69) is 15.5 Å². The van der Waals surface area contributed by atoms with E-state index >= 15 is 0 Å². The molecule has 142 valence electrons. The summed E-state index contributed by atoms with van der Waals surface area (Å²) in [6.45, 7) is 2.05. The Balaban J connectivity index is 1.64. The van der Waals surface area contributed by atoms with Crippen LogP contribution in [0.25, 0.3) is 0 Å². The van der Waals surface area contributed by atoms with Gasteiger partial charge in [0.2, 0.25) is 5.91 Å². The molecule has 2 aromatic heterocycles. The second-order valence-electron chi connectivity index (χ2n) is 5.65. The molecule has 0 aliphatic heterocycles. The number of nitrogens with zero attached hydrogens (tertiary/aromatic N) is 3. The van der Waals surface area contributed by atoms with E-state index in [9.17, 15) is 18.0 Å². The monoisotopic (exact) mass is 396 g/mol. The van der Waals surface area contributed by atoms with Crippen LogP contribution in [0, 0.1) is 0 Å². The molecule has 0 aliphatic carbocycles. The molecule has 3 rings (SSSR count). The van der Waals surface area contributed by atoms with Crippen LogP contribution in [-0.4, -0.2) is 25.9 Å². The standard InChI is InChI=1S/C17H15F3N4O2S/c1-11(15(25)22-13-5-2-4-12(8-13)17(18,19)20)27-16-23-21-10-24(16)9-14-6-3-7-26-14/h2-8,10-11H,9H2,1H3,(H,22,25). The summed E-state index contributed by atoms with van der Waals surface area (Å²) in [5, 5.41) is 10.2. The molecule has 0 radical (unpaired) electrons. The minimum Gasteiger partial charge on any atom is -0.467 e. The van der Waals surface area contributed by atoms with Crippen LogP contribution in [0.5, 0.6) is 0 Å². The average Bonchev–Trinajstić information content (AvgIpc) is 3.27. The molecule has 0 fully saturated rings. The lowest BCUT2D eigenvalue weighted by atomic mass is 10.2. The van der Waals surface area contributed by atoms with Crippen molar-refractivity contribution in [3.63, 3.8) is 0 Å². The van der Waals surface area contributed by atoms with E-state index in [1.54, 1.807) is 29.9 Å². The van der Waals surface area contributed by atoms with E-state index < -0.39 is 22.9 Å². The summed E-state index contributed by atoms with van der Waals surface area (Å²) < 4.78 is 45.3. The fraction of sp³-hybridized carbons (Fsp3) is 0.235. The average molecular weight is 396 g/mol. The van der Waals surface area contributed by atoms with E-state index in [1.807, 2.05) is 0 Å². The molecule has 10 heteroatoms. The molecule has 2 heterocycles. The van der Waals surface area contributed by atoms with E-state index in [-0.39, 0.29) is 5.69 Å². The molecule has 1 aromatic carbocycles. The van der Waals surface area contributed by atoms with Crippen LogP contribution >= 0.6 is 11.8 Å². The predicted octanol–water partition coefficient (Wildman–Crippen LogP) is 4.06. The number of benzene rings is 1. The van der Waals surface area contributed by atoms with E-state index in [1.165, 1.54) is 18.5 Å². The molecule has 1 unspecified atom stereocenters. The number of nitrogens with one attached hydrogen (secondary N) is 1. The topological polar surface area (TPSA) is 73.0 Å². The van der Waals surface area contributed by atoms with E-state index in [4.69, 9.17) is 4.42 Å². The molecule has 0 spiro atoms. The molecule has 0 saturated heterocycles. The van der Waals surface area contributed by atoms with Gasteiger partial charge >= 0.3 is 6.18 Å². The third-order valence-corrected chi connectivity index (χ3v) is 4.69. The summed E-state index contributed by atoms with van der Waals surface area (Å²) in [5.74, 6) is 0.268. The Hall–Kier alpha value is -2.75. The zero-order chi connectivity index (χ0) is 19.4. The van der Waals surface area contributed by atoms with Gasteiger partial charge in [-0.2, -0.15) is 13.2 Å². The highest BCUT2D eigenvalue weighted by atomic mass is 32.2. The summed E-state index contributed by atoms with van der Waals surface area (Å²) in [6, 6.07) is 8.07. The van der Waals surface area contributed by atoms with E-state index in [0.717, 1.165) is 23.9 Å². The molecule has 3 aromatic rings. The number of carbonyl (C=O) groups is 1. The van der Waals surface area contributed by atoms with Gasteiger partial charge in [-0.25, -0.2) is 0 Å². The predicted molar refractivity (Wildman–Crippen MR) is 93.2 cm³/mol. The molecule has 1 atom stereocenters. The van der Waals surface area contributed by atoms with Crippen LogP contribution in [0.1, 0.15) is 18.2 Å². The maximum absolute atomic E-state index is 12.8. The minimum absolute atomic E-state index is 0.0827. The highest BCUT2D eigenvalue weighted by Gasteiger charge is 2.30. The van der Waals surface area contributed by atoms with Crippen LogP contribution in [0.15, 0.2) is 58.6 Å². The quantitative estimate of drug-likeness (QED) is 0.636. The molecule has 27 heavy (non-hydrogen) atoms. The first-order valence-electron chi connectivity index (χ1n) is 7.88. The van der Waals surface area contributed by atoms with Crippen molar-refractivity contribution in [1.82, 2.24) is 14.8 Å². The second-order valence-corrected chi connectivity index (χ2v) is 6.96. The third-order valence-electron chi connectivity index (χ3n) is 3.60. The minimum atomic E-state index is -4.47. The Labute approximate surface area is 156 Å². The molecule has 1 N–H and O–H groups in total. The van der Waals surface area contributed by atoms with Gasteiger partial charge in [0.25, 0.3) is 0 Å². The molecule has 1 amide bonds. The Kier molecular flexibility index (Phi) is 5.54. The zero-order valence-corrected chi connectivity index (χ0v) is 14.9. The zero-order valence-electron chi connectivity index (χ0n) is 14.1. The van der Waals surface area contributed by atoms with Crippen molar-refractivity contribution in [3.8, 4) is 0 Å². The Morgan fingerprint density at radius 3 is 2.85 bits per heavy atom. The van der Waals surface area contributed by atoms with Gasteiger partial charge in [-0.05, 0) is 37.3 Å². The number of furan rings is 1. The van der Waals surface area contributed by atoms with Gasteiger partial charge < -0.3 is 14.3 Å². The molecular weight excluding hydrogens is 381 g/mol. The summed E-state index contributed by atoms with van der Waals surface area (Å²) in [6.07, 6.45) is -1.40. The van der Waals surface area contributed by atoms with Gasteiger partial charge in [0.15, 0.2) is 5.16 Å². The third kappa shape index (κ3) is 4.91. The number of anilines is 1. The lowest BCUT2D eigenvalue weighted by Gasteiger charge is -2.13. The van der Waals surface area contributed by atoms with Crippen molar-refractivity contribution in [2.75, 3.05) is 5.32 Å². The number of hydrogen-bond donors (Lipinski definition) is 1. The number of amides is 1. The highest BCUT2D eigenvalue weighted by Crippen LogP contribution is 2.31. The van der Waals surface area contributed by atoms with Crippen LogP contribution in [0.4, 0.5) is 18.9 Å². The summed E-state index contributed by atoms with van der Waals surface area (Å²) in [7, 11) is 0. The maximum atomic E-state index is 12.8. The van der Waals surface area contributed by atoms with Crippen molar-refractivity contribution in [2.24, 2.45) is 0 Å². The molecular formula is C17H15F3N4O2S. The first-order valence-corrected chi connectivity index (χ1v) is 8.76. The van der Waals surface area contributed by atoms with Crippen LogP contribution in [0.2, 0.25) is 0 Å². The number of thioether (sulfide) groups is 1. The number of rotatable bonds is 6. The number of aromatic nitrogens is 3. The fourth-order valence-electron chi connectivity index (χ4n) is 2.24. The normalized spacial score (nSPS) is 12.7. The molecule has 0 aliphatic rings. The van der Waals surface area contributed by atoms with Gasteiger partial charge in [-0.3, -0.25) is 4.79 Å². The Morgan fingerprint density at radius 1 is 1.33 bits per heavy atom. The van der Waals surface area contributed by atoms with Gasteiger partial charge in [0.05, 0.1) is 23.6 Å². The number of hydrogen-bond acceptors (Lipinski definition) is 5. The molecule has 0 saturated carbocycles. The second kappa shape index (κ2) is 7.87. The molecule has 0 bridgehead atoms. The summed E-state index contributed by atoms with van der Waals surface area (Å²) >= 11 is 1.15. The Morgan fingerprint density at radius 2 is 2.15 bits per heavy atom. The van der Waals surface area contributed by atoms with Crippen molar-refractivity contribution < 1.29 is 22.4 Å². The highest BCUT2D eigenvalue weighted by molar-refractivity contribution is 8.00. The Bertz CT molecular complexity index is 909. The number of halogens is 3. The fourth-order valence-corrected chi connectivity index (χ4v) is 3.07. The van der Waals surface area contributed by atoms with Gasteiger partial charge in [-0.15, -0.1) is 10.2 Å². The summed E-state index contributed by atoms with van der Waals surface area (Å²) in [4.78, 5) is 12.3. The van der Waals surface area contributed by atoms with Crippen LogP contribution in [0.3, 0.4) is 0 Å². The first kappa shape index (κ1) is 19.0. The van der Waals surface area contributed by atoms with Gasteiger partial charge in [0.1, 0.15) is 12.1 Å². The van der Waals surface area contributed by atoms with Gasteiger partial charge in [0, 0.05) is 5.69 Å². The van der Waals surface area contributed by atoms with Gasteiger partial charge in [-0.1, -0.05) is 17.8 Å². The van der Waals surface area contributed by atoms with Crippen LogP contribution in [-0.2, 0) is 17.5 Å². The lowest BCUT2D eigenvalue weighted by molar-refractivity contribution is -0.137. The lowest BCUT2D eigenvalue weighted by Crippen LogP contribution is -2.23. The first-order chi connectivity index (χ1) is 12.8. The van der Waals surface area contributed by atoms with Crippen LogP contribution < -0.4 is 5.32 Å². The smallest absolute Gasteiger partial charge is 0.416 e.